The topological polar surface area (TPSA) is 82.2 Å². The van der Waals surface area contributed by atoms with E-state index in [1.165, 1.54) is 18.9 Å². The molecule has 1 aliphatic heterocycles. The monoisotopic (exact) mass is 286 g/mol. The van der Waals surface area contributed by atoms with Crippen molar-refractivity contribution in [1.29, 1.82) is 5.26 Å². The van der Waals surface area contributed by atoms with Crippen LogP contribution in [-0.2, 0) is 0 Å². The summed E-state index contributed by atoms with van der Waals surface area (Å²) in [5.74, 6) is 0. The Bertz CT molecular complexity index is 606. The number of nitro benzene ring substituents is 1. The first-order chi connectivity index (χ1) is 10.1. The summed E-state index contributed by atoms with van der Waals surface area (Å²) in [4.78, 5) is 13.2. The zero-order chi connectivity index (χ0) is 15.0. The van der Waals surface area contributed by atoms with E-state index in [9.17, 15) is 10.1 Å². The lowest BCUT2D eigenvalue weighted by molar-refractivity contribution is -0.384. The van der Waals surface area contributed by atoms with Gasteiger partial charge in [0.05, 0.1) is 16.6 Å². The molecule has 1 saturated heterocycles. The summed E-state index contributed by atoms with van der Waals surface area (Å²) < 4.78 is 0. The van der Waals surface area contributed by atoms with Crippen molar-refractivity contribution in [2.24, 2.45) is 0 Å². The molecular formula is C15H18N4O2. The van der Waals surface area contributed by atoms with Gasteiger partial charge >= 0.3 is 0 Å². The number of benzene rings is 1. The number of anilines is 1. The fraction of sp³-hybridized carbons (Fsp3) is 0.533. The van der Waals surface area contributed by atoms with Gasteiger partial charge in [-0.3, -0.25) is 15.0 Å². The fourth-order valence-electron chi connectivity index (χ4n) is 3.17. The second kappa shape index (κ2) is 5.34. The minimum atomic E-state index is -0.430. The van der Waals surface area contributed by atoms with E-state index in [1.807, 2.05) is 6.07 Å². The highest BCUT2D eigenvalue weighted by Gasteiger charge is 2.39. The van der Waals surface area contributed by atoms with Crippen LogP contribution in [0.5, 0.6) is 0 Å². The van der Waals surface area contributed by atoms with E-state index >= 15 is 0 Å². The summed E-state index contributed by atoms with van der Waals surface area (Å²) >= 11 is 0. The predicted molar refractivity (Wildman–Crippen MR) is 79.0 cm³/mol. The van der Waals surface area contributed by atoms with Crippen molar-refractivity contribution >= 4 is 11.4 Å². The Hall–Kier alpha value is -2.13. The summed E-state index contributed by atoms with van der Waals surface area (Å²) in [6.45, 7) is 3.15. The van der Waals surface area contributed by atoms with Crippen LogP contribution in [0.1, 0.15) is 31.7 Å². The van der Waals surface area contributed by atoms with Crippen molar-refractivity contribution in [2.45, 2.75) is 44.3 Å². The summed E-state index contributed by atoms with van der Waals surface area (Å²) in [6.07, 6.45) is 3.54. The summed E-state index contributed by atoms with van der Waals surface area (Å²) in [6, 6.07) is 7.99. The second-order valence-electron chi connectivity index (χ2n) is 5.95. The quantitative estimate of drug-likeness (QED) is 0.679. The van der Waals surface area contributed by atoms with Crippen LogP contribution in [0.2, 0.25) is 0 Å². The number of nitriles is 1. The Morgan fingerprint density at radius 2 is 2.24 bits per heavy atom. The smallest absolute Gasteiger partial charge is 0.293 e. The summed E-state index contributed by atoms with van der Waals surface area (Å²) in [7, 11) is 0. The Labute approximate surface area is 123 Å². The number of rotatable bonds is 4. The van der Waals surface area contributed by atoms with Gasteiger partial charge in [-0.2, -0.15) is 5.26 Å². The molecule has 110 valence electrons. The molecule has 1 aromatic rings. The Kier molecular flexibility index (Phi) is 3.52. The van der Waals surface area contributed by atoms with Gasteiger partial charge in [0.15, 0.2) is 0 Å². The predicted octanol–water partition coefficient (Wildman–Crippen LogP) is 2.50. The maximum atomic E-state index is 11.2. The highest BCUT2D eigenvalue weighted by Crippen LogP contribution is 2.35. The number of hydrogen-bond acceptors (Lipinski definition) is 5. The van der Waals surface area contributed by atoms with Gasteiger partial charge in [-0.1, -0.05) is 0 Å². The average Bonchev–Trinajstić information content (AvgIpc) is 3.23. The van der Waals surface area contributed by atoms with Gasteiger partial charge in [0.1, 0.15) is 5.69 Å². The Morgan fingerprint density at radius 1 is 1.48 bits per heavy atom. The standard InChI is InChI=1S/C15H18N4O2/c1-10-6-12(9-18(10)13-3-4-13)17-14-5-2-11(8-16)7-15(14)19(20)21/h2,5,7,10,12-13,17H,3-4,6,9H2,1H3. The van der Waals surface area contributed by atoms with E-state index in [1.54, 1.807) is 12.1 Å². The third-order valence-electron chi connectivity index (χ3n) is 4.32. The van der Waals surface area contributed by atoms with Gasteiger partial charge in [0.2, 0.25) is 0 Å². The Balaban J connectivity index is 1.76. The molecule has 0 aromatic heterocycles. The van der Waals surface area contributed by atoms with Crippen LogP contribution in [0.3, 0.4) is 0 Å². The summed E-state index contributed by atoms with van der Waals surface area (Å²) in [5.41, 5.74) is 0.798. The maximum Gasteiger partial charge on any atom is 0.293 e. The maximum absolute atomic E-state index is 11.2. The lowest BCUT2D eigenvalue weighted by atomic mass is 10.1. The van der Waals surface area contributed by atoms with Crippen LogP contribution in [0.15, 0.2) is 18.2 Å². The van der Waals surface area contributed by atoms with Crippen LogP contribution in [-0.4, -0.2) is 34.5 Å². The molecule has 1 saturated carbocycles. The highest BCUT2D eigenvalue weighted by atomic mass is 16.6. The number of nitrogens with zero attached hydrogens (tertiary/aromatic N) is 3. The highest BCUT2D eigenvalue weighted by molar-refractivity contribution is 5.64. The van der Waals surface area contributed by atoms with Gasteiger partial charge in [-0.25, -0.2) is 0 Å². The van der Waals surface area contributed by atoms with Crippen molar-refractivity contribution in [2.75, 3.05) is 11.9 Å². The number of nitro groups is 1. The molecule has 3 rings (SSSR count). The van der Waals surface area contributed by atoms with E-state index in [0.29, 0.717) is 23.3 Å². The third kappa shape index (κ3) is 2.83. The molecule has 0 spiro atoms. The van der Waals surface area contributed by atoms with Crippen LogP contribution < -0.4 is 5.32 Å². The normalized spacial score (nSPS) is 25.5. The minimum Gasteiger partial charge on any atom is -0.375 e. The van der Waals surface area contributed by atoms with Gasteiger partial charge in [-0.05, 0) is 38.3 Å². The first-order valence-electron chi connectivity index (χ1n) is 7.29. The van der Waals surface area contributed by atoms with Gasteiger partial charge < -0.3 is 5.32 Å². The minimum absolute atomic E-state index is 0.0217. The largest absolute Gasteiger partial charge is 0.375 e. The molecule has 0 amide bonds. The van der Waals surface area contributed by atoms with Gasteiger partial charge in [0.25, 0.3) is 5.69 Å². The van der Waals surface area contributed by atoms with Crippen molar-refractivity contribution < 1.29 is 4.92 Å². The molecule has 1 N–H and O–H groups in total. The molecule has 2 unspecified atom stereocenters. The van der Waals surface area contributed by atoms with E-state index in [2.05, 4.69) is 17.1 Å². The zero-order valence-corrected chi connectivity index (χ0v) is 12.0. The first kappa shape index (κ1) is 13.8. The molecule has 0 bridgehead atoms. The van der Waals surface area contributed by atoms with Crippen molar-refractivity contribution in [1.82, 2.24) is 4.90 Å². The molecule has 2 fully saturated rings. The van der Waals surface area contributed by atoms with E-state index < -0.39 is 4.92 Å². The zero-order valence-electron chi connectivity index (χ0n) is 12.0. The lowest BCUT2D eigenvalue weighted by Crippen LogP contribution is -2.31. The van der Waals surface area contributed by atoms with Crippen molar-refractivity contribution in [3.63, 3.8) is 0 Å². The molecule has 6 heteroatoms. The van der Waals surface area contributed by atoms with Crippen molar-refractivity contribution in [3.8, 4) is 6.07 Å². The van der Waals surface area contributed by atoms with Crippen LogP contribution in [0, 0.1) is 21.4 Å². The summed E-state index contributed by atoms with van der Waals surface area (Å²) in [5, 5.41) is 23.3. The molecule has 1 aromatic carbocycles. The molecule has 2 atom stereocenters. The van der Waals surface area contributed by atoms with E-state index in [-0.39, 0.29) is 11.7 Å². The molecule has 0 radical (unpaired) electrons. The fourth-order valence-corrected chi connectivity index (χ4v) is 3.17. The molecule has 2 aliphatic rings. The first-order valence-corrected chi connectivity index (χ1v) is 7.29. The van der Waals surface area contributed by atoms with Gasteiger partial charge in [0, 0.05) is 30.7 Å². The Morgan fingerprint density at radius 3 is 2.86 bits per heavy atom. The molecule has 1 aliphatic carbocycles. The van der Waals surface area contributed by atoms with E-state index in [4.69, 9.17) is 5.26 Å². The number of likely N-dealkylation sites (tertiary alicyclic amines) is 1. The molecular weight excluding hydrogens is 268 g/mol. The van der Waals surface area contributed by atoms with Crippen molar-refractivity contribution in [3.05, 3.63) is 33.9 Å². The van der Waals surface area contributed by atoms with Gasteiger partial charge in [-0.15, -0.1) is 0 Å². The lowest BCUT2D eigenvalue weighted by Gasteiger charge is -2.19. The van der Waals surface area contributed by atoms with Crippen LogP contribution >= 0.6 is 0 Å². The van der Waals surface area contributed by atoms with Crippen LogP contribution in [0.25, 0.3) is 0 Å². The number of nitrogens with one attached hydrogen (secondary N) is 1. The second-order valence-corrected chi connectivity index (χ2v) is 5.95. The van der Waals surface area contributed by atoms with E-state index in [0.717, 1.165) is 13.0 Å². The molecule has 21 heavy (non-hydrogen) atoms. The average molecular weight is 286 g/mol. The third-order valence-corrected chi connectivity index (χ3v) is 4.32. The SMILES string of the molecule is CC1CC(Nc2ccc(C#N)cc2[N+](=O)[O-])CN1C1CC1. The molecule has 6 nitrogen and oxygen atoms in total. The number of hydrogen-bond donors (Lipinski definition) is 1. The van der Waals surface area contributed by atoms with Crippen LogP contribution in [0.4, 0.5) is 11.4 Å². The molecule has 1 heterocycles.